The molecule has 0 bridgehead atoms. The van der Waals surface area contributed by atoms with Crippen molar-refractivity contribution in [2.75, 3.05) is 19.6 Å². The number of likely N-dealkylation sites (tertiary alicyclic amines) is 1. The lowest BCUT2D eigenvalue weighted by Gasteiger charge is -2.46. The van der Waals surface area contributed by atoms with Crippen molar-refractivity contribution in [2.24, 2.45) is 0 Å². The lowest BCUT2D eigenvalue weighted by Crippen LogP contribution is -2.51. The first-order valence-corrected chi connectivity index (χ1v) is 9.17. The Balaban J connectivity index is 1.40. The Morgan fingerprint density at radius 3 is 2.62 bits per heavy atom. The van der Waals surface area contributed by atoms with Crippen LogP contribution in [-0.4, -0.2) is 40.3 Å². The molecule has 0 aliphatic carbocycles. The van der Waals surface area contributed by atoms with Gasteiger partial charge in [0.1, 0.15) is 17.2 Å². The zero-order valence-electron chi connectivity index (χ0n) is 14.6. The van der Waals surface area contributed by atoms with Gasteiger partial charge in [0.2, 0.25) is 0 Å². The molecule has 138 valence electrons. The molecule has 0 saturated carbocycles. The number of halogens is 1. The van der Waals surface area contributed by atoms with Gasteiger partial charge in [0.15, 0.2) is 0 Å². The average molecular weight is 357 g/mol. The van der Waals surface area contributed by atoms with Gasteiger partial charge in [-0.2, -0.15) is 0 Å². The van der Waals surface area contributed by atoms with E-state index in [4.69, 9.17) is 4.74 Å². The molecular formula is C21H24FNO3. The topological polar surface area (TPSA) is 52.9 Å². The van der Waals surface area contributed by atoms with E-state index in [1.807, 2.05) is 30.3 Å². The van der Waals surface area contributed by atoms with Crippen molar-refractivity contribution in [2.45, 2.75) is 37.1 Å². The maximum absolute atomic E-state index is 13.4. The van der Waals surface area contributed by atoms with Crippen LogP contribution in [0.3, 0.4) is 0 Å². The van der Waals surface area contributed by atoms with Crippen LogP contribution >= 0.6 is 0 Å². The van der Waals surface area contributed by atoms with Crippen molar-refractivity contribution in [3.8, 4) is 5.75 Å². The maximum Gasteiger partial charge on any atom is 0.126 e. The Bertz CT molecular complexity index is 759. The minimum absolute atomic E-state index is 0.355. The van der Waals surface area contributed by atoms with Crippen LogP contribution in [0, 0.1) is 5.82 Å². The van der Waals surface area contributed by atoms with Gasteiger partial charge in [0.05, 0.1) is 12.2 Å². The number of aliphatic hydroxyl groups excluding tert-OH is 2. The van der Waals surface area contributed by atoms with Gasteiger partial charge in [-0.15, -0.1) is 0 Å². The van der Waals surface area contributed by atoms with Gasteiger partial charge < -0.3 is 19.8 Å². The van der Waals surface area contributed by atoms with Crippen molar-refractivity contribution in [1.82, 2.24) is 4.90 Å². The normalized spacial score (nSPS) is 23.3. The Hall–Kier alpha value is -1.95. The number of piperidine rings is 1. The molecule has 0 radical (unpaired) electrons. The third kappa shape index (κ3) is 3.47. The third-order valence-corrected chi connectivity index (χ3v) is 5.61. The summed E-state index contributed by atoms with van der Waals surface area (Å²) in [5.41, 5.74) is 1.06. The zero-order valence-corrected chi connectivity index (χ0v) is 14.6. The molecule has 2 heterocycles. The summed E-state index contributed by atoms with van der Waals surface area (Å²) in [6.07, 6.45) is 0.839. The summed E-state index contributed by atoms with van der Waals surface area (Å²) in [5, 5.41) is 20.9. The minimum Gasteiger partial charge on any atom is -0.487 e. The molecule has 0 amide bonds. The fraction of sp³-hybridized carbons (Fsp3) is 0.429. The molecule has 1 saturated heterocycles. The number of benzene rings is 2. The molecular weight excluding hydrogens is 333 g/mol. The Morgan fingerprint density at radius 2 is 1.88 bits per heavy atom. The van der Waals surface area contributed by atoms with E-state index in [2.05, 4.69) is 4.90 Å². The van der Waals surface area contributed by atoms with Gasteiger partial charge in [0.25, 0.3) is 0 Å². The Morgan fingerprint density at radius 1 is 1.15 bits per heavy atom. The van der Waals surface area contributed by atoms with Gasteiger partial charge in [-0.25, -0.2) is 4.39 Å². The predicted molar refractivity (Wildman–Crippen MR) is 96.4 cm³/mol. The number of ether oxygens (including phenoxy) is 1. The smallest absolute Gasteiger partial charge is 0.126 e. The van der Waals surface area contributed by atoms with Gasteiger partial charge in [-0.1, -0.05) is 30.3 Å². The fourth-order valence-corrected chi connectivity index (χ4v) is 4.08. The highest BCUT2D eigenvalue weighted by Crippen LogP contribution is 2.44. The van der Waals surface area contributed by atoms with Crippen molar-refractivity contribution >= 4 is 0 Å². The molecule has 5 heteroatoms. The Labute approximate surface area is 152 Å². The largest absolute Gasteiger partial charge is 0.487 e. The quantitative estimate of drug-likeness (QED) is 0.886. The van der Waals surface area contributed by atoms with Crippen molar-refractivity contribution in [1.29, 1.82) is 0 Å². The van der Waals surface area contributed by atoms with Crippen molar-refractivity contribution in [3.05, 3.63) is 65.5 Å². The first-order valence-electron chi connectivity index (χ1n) is 9.17. The number of hydrogen-bond donors (Lipinski definition) is 2. The van der Waals surface area contributed by atoms with E-state index in [1.165, 1.54) is 12.1 Å². The summed E-state index contributed by atoms with van der Waals surface area (Å²) in [6, 6.07) is 14.0. The molecule has 2 aromatic rings. The maximum atomic E-state index is 13.4. The van der Waals surface area contributed by atoms with Gasteiger partial charge in [0, 0.05) is 31.6 Å². The minimum atomic E-state index is -0.698. The molecule has 2 aliphatic heterocycles. The molecule has 4 nitrogen and oxygen atoms in total. The summed E-state index contributed by atoms with van der Waals surface area (Å²) in [5.74, 6) is 0.231. The third-order valence-electron chi connectivity index (χ3n) is 5.61. The van der Waals surface area contributed by atoms with Crippen LogP contribution in [0.4, 0.5) is 4.39 Å². The zero-order chi connectivity index (χ0) is 18.1. The summed E-state index contributed by atoms with van der Waals surface area (Å²) < 4.78 is 19.6. The van der Waals surface area contributed by atoms with E-state index >= 15 is 0 Å². The second kappa shape index (κ2) is 6.99. The molecule has 2 atom stereocenters. The SMILES string of the molecule is O[C@@H]1CC2(CCN(C[C@H](O)c3ccccc3)CC2)Oc2ccc(F)cc21. The standard InChI is InChI=1S/C21H24FNO3/c22-16-6-7-20-17(12-16)18(24)13-21(26-20)8-10-23(11-9-21)14-19(25)15-4-2-1-3-5-15/h1-7,12,18-19,24-25H,8-11,13-14H2/t18-,19+/m1/s1. The summed E-state index contributed by atoms with van der Waals surface area (Å²) in [4.78, 5) is 2.23. The lowest BCUT2D eigenvalue weighted by atomic mass is 9.81. The first kappa shape index (κ1) is 17.5. The van der Waals surface area contributed by atoms with E-state index in [-0.39, 0.29) is 5.82 Å². The number of rotatable bonds is 3. The van der Waals surface area contributed by atoms with Crippen LogP contribution in [0.1, 0.15) is 42.6 Å². The van der Waals surface area contributed by atoms with Crippen molar-refractivity contribution in [3.63, 3.8) is 0 Å². The fourth-order valence-electron chi connectivity index (χ4n) is 4.08. The van der Waals surface area contributed by atoms with Crippen molar-refractivity contribution < 1.29 is 19.3 Å². The second-order valence-corrected chi connectivity index (χ2v) is 7.41. The highest BCUT2D eigenvalue weighted by atomic mass is 19.1. The molecule has 26 heavy (non-hydrogen) atoms. The van der Waals surface area contributed by atoms with Crippen LogP contribution in [0.15, 0.2) is 48.5 Å². The van der Waals surface area contributed by atoms with Crippen LogP contribution in [0.2, 0.25) is 0 Å². The predicted octanol–water partition coefficient (Wildman–Crippen LogP) is 3.21. The van der Waals surface area contributed by atoms with E-state index < -0.39 is 17.8 Å². The van der Waals surface area contributed by atoms with E-state index in [0.29, 0.717) is 24.3 Å². The second-order valence-electron chi connectivity index (χ2n) is 7.41. The van der Waals surface area contributed by atoms with Crippen LogP contribution in [0.25, 0.3) is 0 Å². The van der Waals surface area contributed by atoms with Gasteiger partial charge in [-0.3, -0.25) is 0 Å². The summed E-state index contributed by atoms with van der Waals surface area (Å²) in [6.45, 7) is 2.19. The summed E-state index contributed by atoms with van der Waals surface area (Å²) in [7, 11) is 0. The number of hydrogen-bond acceptors (Lipinski definition) is 4. The Kier molecular flexibility index (Phi) is 4.69. The van der Waals surface area contributed by atoms with E-state index in [1.54, 1.807) is 6.07 Å². The highest BCUT2D eigenvalue weighted by molar-refractivity contribution is 5.38. The lowest BCUT2D eigenvalue weighted by molar-refractivity contribution is -0.0589. The molecule has 1 fully saturated rings. The van der Waals surface area contributed by atoms with E-state index in [0.717, 1.165) is 31.5 Å². The molecule has 1 spiro atoms. The van der Waals surface area contributed by atoms with E-state index in [9.17, 15) is 14.6 Å². The van der Waals surface area contributed by atoms with Gasteiger partial charge >= 0.3 is 0 Å². The molecule has 0 aromatic heterocycles. The monoisotopic (exact) mass is 357 g/mol. The number of fused-ring (bicyclic) bond motifs is 1. The molecule has 2 N–H and O–H groups in total. The molecule has 2 aliphatic rings. The highest BCUT2D eigenvalue weighted by Gasteiger charge is 2.43. The van der Waals surface area contributed by atoms with Crippen LogP contribution in [0.5, 0.6) is 5.75 Å². The number of nitrogens with zero attached hydrogens (tertiary/aromatic N) is 1. The van der Waals surface area contributed by atoms with Crippen LogP contribution in [-0.2, 0) is 0 Å². The summed E-state index contributed by atoms with van der Waals surface area (Å²) >= 11 is 0. The number of aliphatic hydroxyl groups is 2. The number of β-amino-alcohol motifs (C(OH)–C–C–N with tert-alkyl or cyclic N) is 1. The molecule has 0 unspecified atom stereocenters. The van der Waals surface area contributed by atoms with Gasteiger partial charge in [-0.05, 0) is 36.6 Å². The first-order chi connectivity index (χ1) is 12.5. The molecule has 4 rings (SSSR count). The average Bonchev–Trinajstić information content (AvgIpc) is 2.65. The molecule has 2 aromatic carbocycles. The van der Waals surface area contributed by atoms with Crippen LogP contribution < -0.4 is 4.74 Å².